The zero-order chi connectivity index (χ0) is 24.3. The maximum atomic E-state index is 13.8. The van der Waals surface area contributed by atoms with Gasteiger partial charge >= 0.3 is 0 Å². The minimum absolute atomic E-state index is 0.115. The Morgan fingerprint density at radius 2 is 1.59 bits per heavy atom. The van der Waals surface area contributed by atoms with E-state index in [0.717, 1.165) is 49.7 Å². The van der Waals surface area contributed by atoms with Gasteiger partial charge in [-0.1, -0.05) is 19.4 Å². The van der Waals surface area contributed by atoms with Crippen LogP contribution in [0.15, 0.2) is 29.4 Å². The third-order valence-corrected chi connectivity index (χ3v) is 9.63. The molecule has 0 bridgehead atoms. The Morgan fingerprint density at radius 3 is 2.24 bits per heavy atom. The summed E-state index contributed by atoms with van der Waals surface area (Å²) in [6, 6.07) is 3.82. The molecule has 4 aliphatic carbocycles. The molecule has 3 fully saturated rings. The van der Waals surface area contributed by atoms with Gasteiger partial charge in [-0.3, -0.25) is 9.59 Å². The van der Waals surface area contributed by atoms with E-state index >= 15 is 0 Å². The van der Waals surface area contributed by atoms with E-state index in [1.54, 1.807) is 21.3 Å². The van der Waals surface area contributed by atoms with Crippen LogP contribution in [-0.4, -0.2) is 32.9 Å². The van der Waals surface area contributed by atoms with Crippen molar-refractivity contribution in [3.05, 3.63) is 34.9 Å². The number of ether oxygens (including phenoxy) is 3. The van der Waals surface area contributed by atoms with Crippen LogP contribution >= 0.6 is 0 Å². The summed E-state index contributed by atoms with van der Waals surface area (Å²) in [5.41, 5.74) is 2.99. The first kappa shape index (κ1) is 23.2. The minimum atomic E-state index is -0.296. The Bertz CT molecular complexity index is 1070. The highest BCUT2D eigenvalue weighted by Gasteiger charge is 2.60. The standard InChI is InChI=1S/C29H36O5/c1-28-10-8-20(30)16-19(28)6-7-21-22(28)9-11-29(2)23(21)15-18(27(29)31)12-17-13-24(32-3)26(34-5)25(14-17)33-4/h12-14,16,21-23H,6-11,15H2,1-5H3/b18-12+/t21-,22+,23+,28+,29+/m1/s1. The van der Waals surface area contributed by atoms with Crippen molar-refractivity contribution in [3.8, 4) is 17.2 Å². The summed E-state index contributed by atoms with van der Waals surface area (Å²) in [7, 11) is 4.81. The van der Waals surface area contributed by atoms with E-state index in [1.807, 2.05) is 24.3 Å². The summed E-state index contributed by atoms with van der Waals surface area (Å²) in [4.78, 5) is 25.9. The van der Waals surface area contributed by atoms with Crippen molar-refractivity contribution in [2.24, 2.45) is 28.6 Å². The largest absolute Gasteiger partial charge is 0.493 e. The zero-order valence-corrected chi connectivity index (χ0v) is 21.0. The molecule has 4 aliphatic rings. The smallest absolute Gasteiger partial charge is 0.203 e. The van der Waals surface area contributed by atoms with Gasteiger partial charge in [-0.05, 0) is 97.1 Å². The fraction of sp³-hybridized carbons (Fsp3) is 0.586. The maximum absolute atomic E-state index is 13.8. The lowest BCUT2D eigenvalue weighted by atomic mass is 9.47. The first-order valence-electron chi connectivity index (χ1n) is 12.5. The number of hydrogen-bond acceptors (Lipinski definition) is 5. The van der Waals surface area contributed by atoms with Gasteiger partial charge in [-0.15, -0.1) is 0 Å². The molecule has 5 rings (SSSR count). The molecule has 0 unspecified atom stereocenters. The first-order valence-corrected chi connectivity index (χ1v) is 12.5. The SMILES string of the molecule is COc1cc(/C=C2\C[C@H]3[C@@H]4CCC5=CC(=O)CC[C@]5(C)[C@H]4CC[C@]3(C)C2=O)cc(OC)c1OC. The molecule has 5 nitrogen and oxygen atoms in total. The van der Waals surface area contributed by atoms with Crippen molar-refractivity contribution in [2.75, 3.05) is 21.3 Å². The second-order valence-corrected chi connectivity index (χ2v) is 11.1. The average Bonchev–Trinajstić information content (AvgIpc) is 3.08. The van der Waals surface area contributed by atoms with Crippen LogP contribution in [0, 0.1) is 28.6 Å². The summed E-state index contributed by atoms with van der Waals surface area (Å²) in [5.74, 6) is 3.79. The molecule has 0 heterocycles. The number of benzene rings is 1. The lowest BCUT2D eigenvalue weighted by Crippen LogP contribution is -2.50. The van der Waals surface area contributed by atoms with E-state index in [0.29, 0.717) is 47.2 Å². The Hall–Kier alpha value is -2.56. The molecule has 0 N–H and O–H groups in total. The van der Waals surface area contributed by atoms with Crippen molar-refractivity contribution in [2.45, 2.75) is 58.8 Å². The normalized spacial score (nSPS) is 35.9. The number of Topliss-reactive ketones (excluding diaryl/α,β-unsaturated/α-hetero) is 1. The third-order valence-electron chi connectivity index (χ3n) is 9.63. The average molecular weight is 465 g/mol. The number of carbonyl (C=O) groups is 2. The van der Waals surface area contributed by atoms with Crippen molar-refractivity contribution in [1.29, 1.82) is 0 Å². The number of fused-ring (bicyclic) bond motifs is 5. The summed E-state index contributed by atoms with van der Waals surface area (Å²) < 4.78 is 16.5. The van der Waals surface area contributed by atoms with E-state index in [1.165, 1.54) is 5.57 Å². The second-order valence-electron chi connectivity index (χ2n) is 11.1. The molecule has 0 radical (unpaired) electrons. The zero-order valence-electron chi connectivity index (χ0n) is 21.0. The number of ketones is 2. The molecule has 34 heavy (non-hydrogen) atoms. The van der Waals surface area contributed by atoms with Crippen LogP contribution in [0.5, 0.6) is 17.2 Å². The third kappa shape index (κ3) is 3.34. The summed E-state index contributed by atoms with van der Waals surface area (Å²) in [6.45, 7) is 4.58. The molecule has 182 valence electrons. The lowest BCUT2D eigenvalue weighted by Gasteiger charge is -2.56. The molecule has 0 saturated heterocycles. The molecule has 5 heteroatoms. The van der Waals surface area contributed by atoms with E-state index in [-0.39, 0.29) is 16.6 Å². The van der Waals surface area contributed by atoms with Gasteiger partial charge in [0, 0.05) is 11.8 Å². The predicted molar refractivity (Wildman–Crippen MR) is 131 cm³/mol. The quantitative estimate of drug-likeness (QED) is 0.527. The van der Waals surface area contributed by atoms with Crippen LogP contribution in [-0.2, 0) is 9.59 Å². The van der Waals surface area contributed by atoms with Gasteiger partial charge in [0.2, 0.25) is 5.75 Å². The van der Waals surface area contributed by atoms with Gasteiger partial charge in [-0.2, -0.15) is 0 Å². The van der Waals surface area contributed by atoms with Gasteiger partial charge < -0.3 is 14.2 Å². The molecule has 1 aromatic rings. The van der Waals surface area contributed by atoms with Gasteiger partial charge in [-0.25, -0.2) is 0 Å². The number of carbonyl (C=O) groups excluding carboxylic acids is 2. The van der Waals surface area contributed by atoms with Gasteiger partial charge in [0.15, 0.2) is 23.1 Å². The molecule has 0 aromatic heterocycles. The molecule has 0 spiro atoms. The Labute approximate surface area is 202 Å². The van der Waals surface area contributed by atoms with Crippen LogP contribution in [0.25, 0.3) is 6.08 Å². The number of methoxy groups -OCH3 is 3. The van der Waals surface area contributed by atoms with Crippen molar-refractivity contribution >= 4 is 17.6 Å². The molecule has 0 amide bonds. The highest BCUT2D eigenvalue weighted by Crippen LogP contribution is 2.65. The van der Waals surface area contributed by atoms with Crippen LogP contribution in [0.1, 0.15) is 64.4 Å². The number of rotatable bonds is 4. The Kier molecular flexibility index (Phi) is 5.65. The van der Waals surface area contributed by atoms with Crippen molar-refractivity contribution in [3.63, 3.8) is 0 Å². The van der Waals surface area contributed by atoms with Crippen molar-refractivity contribution < 1.29 is 23.8 Å². The molecule has 0 aliphatic heterocycles. The summed E-state index contributed by atoms with van der Waals surface area (Å²) in [6.07, 6.45) is 10.5. The minimum Gasteiger partial charge on any atom is -0.493 e. The maximum Gasteiger partial charge on any atom is 0.203 e. The van der Waals surface area contributed by atoms with Crippen molar-refractivity contribution in [1.82, 2.24) is 0 Å². The molecular weight excluding hydrogens is 428 g/mol. The highest BCUT2D eigenvalue weighted by atomic mass is 16.5. The highest BCUT2D eigenvalue weighted by molar-refractivity contribution is 6.06. The Balaban J connectivity index is 1.48. The molecule has 1 aromatic carbocycles. The van der Waals surface area contributed by atoms with Crippen LogP contribution in [0.4, 0.5) is 0 Å². The number of hydrogen-bond donors (Lipinski definition) is 0. The van der Waals surface area contributed by atoms with E-state index in [4.69, 9.17) is 14.2 Å². The van der Waals surface area contributed by atoms with E-state index in [2.05, 4.69) is 13.8 Å². The van der Waals surface area contributed by atoms with Crippen LogP contribution in [0.3, 0.4) is 0 Å². The van der Waals surface area contributed by atoms with E-state index in [9.17, 15) is 9.59 Å². The van der Waals surface area contributed by atoms with Gasteiger partial charge in [0.05, 0.1) is 21.3 Å². The van der Waals surface area contributed by atoms with E-state index < -0.39 is 0 Å². The predicted octanol–water partition coefficient (Wildman–Crippen LogP) is 5.81. The second kappa shape index (κ2) is 8.28. The van der Waals surface area contributed by atoms with Gasteiger partial charge in [0.1, 0.15) is 0 Å². The summed E-state index contributed by atoms with van der Waals surface area (Å²) >= 11 is 0. The van der Waals surface area contributed by atoms with Gasteiger partial charge in [0.25, 0.3) is 0 Å². The summed E-state index contributed by atoms with van der Waals surface area (Å²) in [5, 5.41) is 0. The topological polar surface area (TPSA) is 61.8 Å². The Morgan fingerprint density at radius 1 is 0.882 bits per heavy atom. The van der Waals surface area contributed by atoms with Crippen LogP contribution < -0.4 is 14.2 Å². The fourth-order valence-electron chi connectivity index (χ4n) is 7.74. The lowest BCUT2D eigenvalue weighted by molar-refractivity contribution is -0.130. The molecule has 3 saturated carbocycles. The number of allylic oxidation sites excluding steroid dienone is 2. The fourth-order valence-corrected chi connectivity index (χ4v) is 7.74. The molecular formula is C29H36O5. The first-order chi connectivity index (χ1) is 16.2. The molecule has 5 atom stereocenters. The van der Waals surface area contributed by atoms with Crippen LogP contribution in [0.2, 0.25) is 0 Å². The monoisotopic (exact) mass is 464 g/mol.